The molecule has 0 N–H and O–H groups in total. The fourth-order valence-electron chi connectivity index (χ4n) is 9.78. The molecule has 284 valence electrons. The number of para-hydroxylation sites is 2. The van der Waals surface area contributed by atoms with Crippen LogP contribution in [0.15, 0.2) is 205 Å². The normalized spacial score (nSPS) is 13.1. The lowest BCUT2D eigenvalue weighted by atomic mass is 9.82. The Morgan fingerprint density at radius 1 is 0.400 bits per heavy atom. The van der Waals surface area contributed by atoms with E-state index in [-0.39, 0.29) is 5.41 Å². The van der Waals surface area contributed by atoms with Crippen molar-refractivity contribution in [2.24, 2.45) is 0 Å². The number of ether oxygens (including phenoxy) is 1. The summed E-state index contributed by atoms with van der Waals surface area (Å²) in [5, 5.41) is 2.25. The molecular formula is C57H39NO2. The Kier molecular flexibility index (Phi) is 7.58. The Morgan fingerprint density at radius 3 is 1.92 bits per heavy atom. The summed E-state index contributed by atoms with van der Waals surface area (Å²) in [7, 11) is 0. The lowest BCUT2D eigenvalue weighted by Gasteiger charge is -2.30. The molecule has 3 nitrogen and oxygen atoms in total. The topological polar surface area (TPSA) is 25.6 Å². The molecular weight excluding hydrogens is 731 g/mol. The van der Waals surface area contributed by atoms with Gasteiger partial charge in [-0.1, -0.05) is 159 Å². The molecule has 2 aliphatic rings. The number of furan rings is 1. The maximum absolute atomic E-state index is 7.06. The molecule has 1 aromatic heterocycles. The van der Waals surface area contributed by atoms with Crippen LogP contribution in [0.1, 0.15) is 25.0 Å². The molecule has 0 atom stereocenters. The quantitative estimate of drug-likeness (QED) is 0.174. The molecule has 3 heteroatoms. The van der Waals surface area contributed by atoms with Gasteiger partial charge in [0.2, 0.25) is 0 Å². The molecule has 60 heavy (non-hydrogen) atoms. The summed E-state index contributed by atoms with van der Waals surface area (Å²) in [6.07, 6.45) is 0. The van der Waals surface area contributed by atoms with Crippen molar-refractivity contribution in [1.82, 2.24) is 0 Å². The third-order valence-electron chi connectivity index (χ3n) is 12.7. The van der Waals surface area contributed by atoms with Crippen molar-refractivity contribution >= 4 is 39.0 Å². The minimum atomic E-state index is -0.163. The van der Waals surface area contributed by atoms with E-state index in [1.807, 2.05) is 12.1 Å². The Bertz CT molecular complexity index is 3320. The van der Waals surface area contributed by atoms with Gasteiger partial charge in [-0.3, -0.25) is 0 Å². The van der Waals surface area contributed by atoms with Crippen molar-refractivity contribution in [3.63, 3.8) is 0 Å². The van der Waals surface area contributed by atoms with Crippen molar-refractivity contribution in [3.8, 4) is 67.1 Å². The molecule has 0 bridgehead atoms. The SMILES string of the molecule is CC1(C)c2ccccc2-c2ccc(N(c3ccc(-c4cccc5c4oc4ccccc45)cc3)c3cccc4c3-c3ccccc3-c3ccc(-c5ccccc5)cc3O4)cc21. The van der Waals surface area contributed by atoms with Gasteiger partial charge in [-0.2, -0.15) is 0 Å². The average molecular weight is 770 g/mol. The highest BCUT2D eigenvalue weighted by Crippen LogP contribution is 2.55. The van der Waals surface area contributed by atoms with E-state index in [1.165, 1.54) is 22.3 Å². The standard InChI is InChI=1S/C57H39NO2/c1-57(2)49-22-10-8-17-43(49)44-33-31-40(35-50(44)57)58(39-29-26-37(27-30-39)41-20-12-21-48-45-18-9-11-24-52(45)60-56(41)48)51-23-13-25-53-55(51)47-19-7-6-16-42(47)46-32-28-38(34-54(46)59-53)36-14-4-3-5-15-36/h3-35H,1-2H3. The molecule has 2 heterocycles. The highest BCUT2D eigenvalue weighted by atomic mass is 16.5. The van der Waals surface area contributed by atoms with Gasteiger partial charge in [-0.15, -0.1) is 0 Å². The van der Waals surface area contributed by atoms with Crippen molar-refractivity contribution in [3.05, 3.63) is 211 Å². The maximum atomic E-state index is 7.06. The number of rotatable bonds is 5. The van der Waals surface area contributed by atoms with E-state index in [0.29, 0.717) is 0 Å². The largest absolute Gasteiger partial charge is 0.456 e. The molecule has 0 amide bonds. The van der Waals surface area contributed by atoms with Gasteiger partial charge >= 0.3 is 0 Å². The average Bonchev–Trinajstić information content (AvgIpc) is 3.73. The Labute approximate surface area is 349 Å². The number of fused-ring (bicyclic) bond motifs is 11. The third-order valence-corrected chi connectivity index (χ3v) is 12.7. The van der Waals surface area contributed by atoms with Gasteiger partial charge in [0.05, 0.1) is 5.69 Å². The second kappa shape index (κ2) is 13.2. The van der Waals surface area contributed by atoms with Gasteiger partial charge in [0.1, 0.15) is 22.7 Å². The second-order valence-electron chi connectivity index (χ2n) is 16.4. The van der Waals surface area contributed by atoms with Crippen molar-refractivity contribution < 1.29 is 9.15 Å². The third kappa shape index (κ3) is 5.22. The van der Waals surface area contributed by atoms with Crippen LogP contribution in [0.3, 0.4) is 0 Å². The Morgan fingerprint density at radius 2 is 1.05 bits per heavy atom. The first-order valence-electron chi connectivity index (χ1n) is 20.7. The van der Waals surface area contributed by atoms with Crippen molar-refractivity contribution in [2.75, 3.05) is 4.90 Å². The smallest absolute Gasteiger partial charge is 0.143 e. The fourth-order valence-corrected chi connectivity index (χ4v) is 9.78. The predicted molar refractivity (Wildman–Crippen MR) is 248 cm³/mol. The van der Waals surface area contributed by atoms with Gasteiger partial charge in [-0.25, -0.2) is 0 Å². The Hall–Kier alpha value is -7.62. The monoisotopic (exact) mass is 769 g/mol. The zero-order chi connectivity index (χ0) is 40.0. The molecule has 0 spiro atoms. The molecule has 10 aromatic rings. The lowest BCUT2D eigenvalue weighted by Crippen LogP contribution is -2.17. The fraction of sp³-hybridized carbons (Fsp3) is 0.0526. The van der Waals surface area contributed by atoms with Crippen LogP contribution in [0.4, 0.5) is 17.1 Å². The van der Waals surface area contributed by atoms with E-state index in [0.717, 1.165) is 95.0 Å². The summed E-state index contributed by atoms with van der Waals surface area (Å²) < 4.78 is 13.5. The van der Waals surface area contributed by atoms with Gasteiger partial charge in [0.15, 0.2) is 0 Å². The van der Waals surface area contributed by atoms with Crippen LogP contribution in [0, 0.1) is 0 Å². The van der Waals surface area contributed by atoms with Crippen LogP contribution in [0.5, 0.6) is 11.5 Å². The number of nitrogens with zero attached hydrogens (tertiary/aromatic N) is 1. The molecule has 1 aliphatic carbocycles. The summed E-state index contributed by atoms with van der Waals surface area (Å²) in [5.74, 6) is 1.66. The van der Waals surface area contributed by atoms with Gasteiger partial charge in [-0.05, 0) is 105 Å². The minimum Gasteiger partial charge on any atom is -0.456 e. The number of benzene rings is 9. The number of anilines is 3. The van der Waals surface area contributed by atoms with Crippen molar-refractivity contribution in [1.29, 1.82) is 0 Å². The Balaban J connectivity index is 1.05. The summed E-state index contributed by atoms with van der Waals surface area (Å²) >= 11 is 0. The first-order chi connectivity index (χ1) is 29.5. The first-order valence-corrected chi connectivity index (χ1v) is 20.7. The molecule has 0 saturated heterocycles. The van der Waals surface area contributed by atoms with Crippen LogP contribution in [-0.4, -0.2) is 0 Å². The minimum absolute atomic E-state index is 0.163. The van der Waals surface area contributed by atoms with Crippen LogP contribution in [0.2, 0.25) is 0 Å². The van der Waals surface area contributed by atoms with Gasteiger partial charge in [0, 0.05) is 44.3 Å². The highest BCUT2D eigenvalue weighted by Gasteiger charge is 2.36. The maximum Gasteiger partial charge on any atom is 0.143 e. The van der Waals surface area contributed by atoms with E-state index in [9.17, 15) is 0 Å². The van der Waals surface area contributed by atoms with E-state index >= 15 is 0 Å². The van der Waals surface area contributed by atoms with Crippen molar-refractivity contribution in [2.45, 2.75) is 19.3 Å². The van der Waals surface area contributed by atoms with Crippen LogP contribution in [0.25, 0.3) is 77.6 Å². The molecule has 0 radical (unpaired) electrons. The number of hydrogen-bond donors (Lipinski definition) is 0. The van der Waals surface area contributed by atoms with Crippen LogP contribution < -0.4 is 9.64 Å². The molecule has 1 aliphatic heterocycles. The van der Waals surface area contributed by atoms with Crippen LogP contribution >= 0.6 is 0 Å². The summed E-state index contributed by atoms with van der Waals surface area (Å²) in [5.41, 5.74) is 18.9. The van der Waals surface area contributed by atoms with Gasteiger partial charge in [0.25, 0.3) is 0 Å². The zero-order valence-electron chi connectivity index (χ0n) is 33.3. The molecule has 12 rings (SSSR count). The molecule has 0 unspecified atom stereocenters. The number of hydrogen-bond acceptors (Lipinski definition) is 3. The summed E-state index contributed by atoms with van der Waals surface area (Å²) in [6, 6.07) is 71.8. The summed E-state index contributed by atoms with van der Waals surface area (Å²) in [4.78, 5) is 2.41. The van der Waals surface area contributed by atoms with E-state index in [4.69, 9.17) is 9.15 Å². The van der Waals surface area contributed by atoms with E-state index in [1.54, 1.807) is 0 Å². The van der Waals surface area contributed by atoms with E-state index in [2.05, 4.69) is 207 Å². The highest BCUT2D eigenvalue weighted by molar-refractivity contribution is 6.09. The predicted octanol–water partition coefficient (Wildman–Crippen LogP) is 16.1. The summed E-state index contributed by atoms with van der Waals surface area (Å²) in [6.45, 7) is 4.69. The first kappa shape index (κ1) is 34.4. The lowest BCUT2D eigenvalue weighted by molar-refractivity contribution is 0.488. The molecule has 0 fully saturated rings. The molecule has 0 saturated carbocycles. The molecule has 9 aromatic carbocycles. The van der Waals surface area contributed by atoms with Gasteiger partial charge < -0.3 is 14.1 Å². The zero-order valence-corrected chi connectivity index (χ0v) is 33.3. The second-order valence-corrected chi connectivity index (χ2v) is 16.4. The van der Waals surface area contributed by atoms with Crippen LogP contribution in [-0.2, 0) is 5.41 Å². The van der Waals surface area contributed by atoms with E-state index < -0.39 is 0 Å².